The maximum absolute atomic E-state index is 12.1. The fraction of sp³-hybridized carbons (Fsp3) is 0.304. The first-order valence-corrected chi connectivity index (χ1v) is 10.9. The highest BCUT2D eigenvalue weighted by molar-refractivity contribution is 7.99. The quantitative estimate of drug-likeness (QED) is 0.388. The van der Waals surface area contributed by atoms with E-state index in [1.807, 2.05) is 18.2 Å². The van der Waals surface area contributed by atoms with Gasteiger partial charge in [-0.25, -0.2) is 4.98 Å². The molecule has 0 fully saturated rings. The summed E-state index contributed by atoms with van der Waals surface area (Å²) >= 11 is 1.79. The Morgan fingerprint density at radius 3 is 2.79 bits per heavy atom. The average Bonchev–Trinajstić information content (AvgIpc) is 3.24. The third kappa shape index (κ3) is 5.95. The van der Waals surface area contributed by atoms with Crippen LogP contribution in [0, 0.1) is 6.92 Å². The maximum atomic E-state index is 12.1. The lowest BCUT2D eigenvalue weighted by molar-refractivity contribution is -0.111. The molecule has 0 radical (unpaired) electrons. The van der Waals surface area contributed by atoms with Crippen molar-refractivity contribution in [3.8, 4) is 0 Å². The zero-order valence-corrected chi connectivity index (χ0v) is 18.0. The van der Waals surface area contributed by atoms with Crippen molar-refractivity contribution in [1.82, 2.24) is 9.88 Å². The van der Waals surface area contributed by atoms with E-state index in [0.717, 1.165) is 52.6 Å². The molecule has 0 atom stereocenters. The van der Waals surface area contributed by atoms with E-state index in [1.54, 1.807) is 36.2 Å². The van der Waals surface area contributed by atoms with E-state index in [2.05, 4.69) is 37.1 Å². The second-order valence-electron chi connectivity index (χ2n) is 6.72. The minimum absolute atomic E-state index is 0.199. The first-order chi connectivity index (χ1) is 14.1. The molecule has 3 aromatic rings. The summed E-state index contributed by atoms with van der Waals surface area (Å²) in [5.41, 5.74) is 2.85. The van der Waals surface area contributed by atoms with Gasteiger partial charge in [0, 0.05) is 29.4 Å². The number of thioether (sulfide) groups is 1. The van der Waals surface area contributed by atoms with Gasteiger partial charge in [0.25, 0.3) is 0 Å². The Kier molecular flexibility index (Phi) is 7.49. The van der Waals surface area contributed by atoms with Crippen LogP contribution in [0.3, 0.4) is 0 Å². The average molecular weight is 410 g/mol. The van der Waals surface area contributed by atoms with Crippen LogP contribution >= 0.6 is 11.8 Å². The number of carbonyl (C=O) groups is 1. The largest absolute Gasteiger partial charge is 0.465 e. The first kappa shape index (κ1) is 21.1. The molecule has 1 amide bonds. The normalized spacial score (nSPS) is 11.6. The van der Waals surface area contributed by atoms with E-state index in [-0.39, 0.29) is 5.91 Å². The molecule has 6 heteroatoms. The summed E-state index contributed by atoms with van der Waals surface area (Å²) in [6.45, 7) is 9.68. The van der Waals surface area contributed by atoms with Crippen molar-refractivity contribution in [2.45, 2.75) is 25.8 Å². The van der Waals surface area contributed by atoms with Crippen molar-refractivity contribution in [1.29, 1.82) is 0 Å². The number of pyridine rings is 1. The van der Waals surface area contributed by atoms with Crippen LogP contribution in [0.25, 0.3) is 17.0 Å². The zero-order valence-electron chi connectivity index (χ0n) is 17.1. The van der Waals surface area contributed by atoms with Crippen LogP contribution in [0.5, 0.6) is 0 Å². The van der Waals surface area contributed by atoms with Gasteiger partial charge in [-0.3, -0.25) is 4.79 Å². The fourth-order valence-electron chi connectivity index (χ4n) is 3.06. The molecule has 0 aliphatic carbocycles. The van der Waals surface area contributed by atoms with E-state index in [9.17, 15) is 4.79 Å². The minimum Gasteiger partial charge on any atom is -0.465 e. The molecule has 2 aromatic heterocycles. The standard InChI is InChI=1S/C23H27N3O2S/c1-4-26(5-2)12-14-29-23-15-17(3)20-16-18(8-10-21(20)25-23)24-22(27)11-9-19-7-6-13-28-19/h6-11,13,15-16H,4-5,12,14H2,1-3H3,(H,24,27). The van der Waals surface area contributed by atoms with E-state index < -0.39 is 0 Å². The molecule has 0 spiro atoms. The first-order valence-electron chi connectivity index (χ1n) is 9.88. The number of aryl methyl sites for hydroxylation is 1. The molecule has 0 saturated heterocycles. The molecule has 3 rings (SSSR count). The number of carbonyl (C=O) groups excluding carboxylic acids is 1. The summed E-state index contributed by atoms with van der Waals surface area (Å²) in [7, 11) is 0. The topological polar surface area (TPSA) is 58.4 Å². The van der Waals surface area contributed by atoms with E-state index >= 15 is 0 Å². The number of amides is 1. The van der Waals surface area contributed by atoms with Crippen molar-refractivity contribution in [3.63, 3.8) is 0 Å². The molecule has 0 unspecified atom stereocenters. The van der Waals surface area contributed by atoms with Crippen LogP contribution in [0.4, 0.5) is 5.69 Å². The summed E-state index contributed by atoms with van der Waals surface area (Å²) in [6, 6.07) is 11.5. The van der Waals surface area contributed by atoms with Crippen molar-refractivity contribution in [3.05, 3.63) is 60.1 Å². The molecule has 1 N–H and O–H groups in total. The number of anilines is 1. The Bertz CT molecular complexity index is 979. The van der Waals surface area contributed by atoms with Crippen LogP contribution in [0.15, 0.2) is 58.2 Å². The molecule has 152 valence electrons. The summed E-state index contributed by atoms with van der Waals surface area (Å²) in [6.07, 6.45) is 4.68. The van der Waals surface area contributed by atoms with Crippen LogP contribution in [0.1, 0.15) is 25.2 Å². The van der Waals surface area contributed by atoms with Gasteiger partial charge in [-0.2, -0.15) is 0 Å². The Morgan fingerprint density at radius 1 is 1.24 bits per heavy atom. The van der Waals surface area contributed by atoms with Crippen molar-refractivity contribution in [2.24, 2.45) is 0 Å². The predicted octanol–water partition coefficient (Wildman–Crippen LogP) is 5.22. The van der Waals surface area contributed by atoms with E-state index in [0.29, 0.717) is 5.76 Å². The Morgan fingerprint density at radius 2 is 2.07 bits per heavy atom. The number of aromatic nitrogens is 1. The molecule has 0 aliphatic rings. The summed E-state index contributed by atoms with van der Waals surface area (Å²) in [5.74, 6) is 1.47. The molecule has 2 heterocycles. The molecule has 0 bridgehead atoms. The minimum atomic E-state index is -0.199. The number of rotatable bonds is 9. The van der Waals surface area contributed by atoms with Crippen LogP contribution in [-0.4, -0.2) is 41.2 Å². The summed E-state index contributed by atoms with van der Waals surface area (Å²) < 4.78 is 5.19. The smallest absolute Gasteiger partial charge is 0.248 e. The van der Waals surface area contributed by atoms with Crippen molar-refractivity contribution < 1.29 is 9.21 Å². The monoisotopic (exact) mass is 409 g/mol. The lowest BCUT2D eigenvalue weighted by Gasteiger charge is -2.17. The second kappa shape index (κ2) is 10.3. The van der Waals surface area contributed by atoms with Gasteiger partial charge in [-0.15, -0.1) is 11.8 Å². The van der Waals surface area contributed by atoms with Crippen molar-refractivity contribution in [2.75, 3.05) is 30.7 Å². The Hall–Kier alpha value is -2.57. The van der Waals surface area contributed by atoms with E-state index in [4.69, 9.17) is 9.40 Å². The lowest BCUT2D eigenvalue weighted by Crippen LogP contribution is -2.25. The Balaban J connectivity index is 1.66. The van der Waals surface area contributed by atoms with Crippen molar-refractivity contribution >= 4 is 40.3 Å². The molecule has 29 heavy (non-hydrogen) atoms. The van der Waals surface area contributed by atoms with Gasteiger partial charge < -0.3 is 14.6 Å². The number of hydrogen-bond acceptors (Lipinski definition) is 5. The molecule has 5 nitrogen and oxygen atoms in total. The zero-order chi connectivity index (χ0) is 20.6. The number of nitrogens with one attached hydrogen (secondary N) is 1. The summed E-state index contributed by atoms with van der Waals surface area (Å²) in [5, 5.41) is 4.98. The highest BCUT2D eigenvalue weighted by Gasteiger charge is 2.07. The molecular formula is C23H27N3O2S. The highest BCUT2D eigenvalue weighted by atomic mass is 32.2. The fourth-order valence-corrected chi connectivity index (χ4v) is 4.04. The molecule has 0 saturated carbocycles. The molecule has 0 aliphatic heterocycles. The number of benzene rings is 1. The highest BCUT2D eigenvalue weighted by Crippen LogP contribution is 2.26. The lowest BCUT2D eigenvalue weighted by atomic mass is 10.1. The SMILES string of the molecule is CCN(CC)CCSc1cc(C)c2cc(NC(=O)C=Cc3ccco3)ccc2n1. The number of hydrogen-bond donors (Lipinski definition) is 1. The summed E-state index contributed by atoms with van der Waals surface area (Å²) in [4.78, 5) is 19.3. The third-order valence-electron chi connectivity index (χ3n) is 4.75. The number of furan rings is 1. The van der Waals surface area contributed by atoms with Gasteiger partial charge in [-0.1, -0.05) is 13.8 Å². The Labute approximate surface area is 176 Å². The third-order valence-corrected chi connectivity index (χ3v) is 5.65. The van der Waals surface area contributed by atoms with Crippen LogP contribution < -0.4 is 5.32 Å². The maximum Gasteiger partial charge on any atom is 0.248 e. The molecular weight excluding hydrogens is 382 g/mol. The molecule has 1 aromatic carbocycles. The van der Waals surface area contributed by atoms with Crippen LogP contribution in [-0.2, 0) is 4.79 Å². The van der Waals surface area contributed by atoms with Gasteiger partial charge >= 0.3 is 0 Å². The van der Waals surface area contributed by atoms with Crippen LogP contribution in [0.2, 0.25) is 0 Å². The number of fused-ring (bicyclic) bond motifs is 1. The van der Waals surface area contributed by atoms with E-state index in [1.165, 1.54) is 6.08 Å². The number of nitrogens with zero attached hydrogens (tertiary/aromatic N) is 2. The van der Waals surface area contributed by atoms with Gasteiger partial charge in [0.2, 0.25) is 5.91 Å². The second-order valence-corrected chi connectivity index (χ2v) is 7.84. The van der Waals surface area contributed by atoms with Gasteiger partial charge in [0.05, 0.1) is 16.8 Å². The van der Waals surface area contributed by atoms with Gasteiger partial charge in [0.1, 0.15) is 5.76 Å². The predicted molar refractivity (Wildman–Crippen MR) is 121 cm³/mol. The van der Waals surface area contributed by atoms with Gasteiger partial charge in [0.15, 0.2) is 0 Å². The van der Waals surface area contributed by atoms with Gasteiger partial charge in [-0.05, 0) is 68.1 Å².